The second-order valence-electron chi connectivity index (χ2n) is 9.40. The van der Waals surface area contributed by atoms with Crippen LogP contribution in [0.1, 0.15) is 44.0 Å². The van der Waals surface area contributed by atoms with Gasteiger partial charge in [-0.2, -0.15) is 0 Å². The Morgan fingerprint density at radius 1 is 1.19 bits per heavy atom. The summed E-state index contributed by atoms with van der Waals surface area (Å²) in [5.74, 6) is 1.44. The maximum absolute atomic E-state index is 13.0. The Bertz CT molecular complexity index is 1030. The van der Waals surface area contributed by atoms with Crippen LogP contribution in [-0.2, 0) is 4.79 Å². The molecule has 1 fully saturated rings. The van der Waals surface area contributed by atoms with Gasteiger partial charge in [-0.05, 0) is 49.5 Å². The Balaban J connectivity index is 1.38. The van der Waals surface area contributed by atoms with E-state index in [1.165, 1.54) is 0 Å². The van der Waals surface area contributed by atoms with E-state index >= 15 is 0 Å². The lowest BCUT2D eigenvalue weighted by Gasteiger charge is -2.37. The molecule has 4 heterocycles. The van der Waals surface area contributed by atoms with Gasteiger partial charge in [0.25, 0.3) is 11.8 Å². The normalized spacial score (nSPS) is 24.3. The first-order valence-electron chi connectivity index (χ1n) is 11.0. The van der Waals surface area contributed by atoms with E-state index in [4.69, 9.17) is 4.74 Å². The monoisotopic (exact) mass is 420 g/mol. The van der Waals surface area contributed by atoms with E-state index in [0.717, 1.165) is 37.3 Å². The molecule has 0 spiro atoms. The molecule has 2 amide bonds. The first kappa shape index (κ1) is 19.8. The van der Waals surface area contributed by atoms with E-state index in [0.29, 0.717) is 35.7 Å². The maximum atomic E-state index is 13.0. The average Bonchev–Trinajstić information content (AvgIpc) is 3.05. The van der Waals surface area contributed by atoms with Crippen LogP contribution in [0.25, 0.3) is 0 Å². The van der Waals surface area contributed by atoms with Crippen molar-refractivity contribution in [2.24, 2.45) is 10.4 Å². The van der Waals surface area contributed by atoms with Crippen LogP contribution in [0.4, 0.5) is 5.69 Å². The highest BCUT2D eigenvalue weighted by Crippen LogP contribution is 2.37. The summed E-state index contributed by atoms with van der Waals surface area (Å²) in [7, 11) is 0. The number of nitrogens with zero attached hydrogens (tertiary/aromatic N) is 4. The fraction of sp³-hybridized carbons (Fsp3) is 0.458. The van der Waals surface area contributed by atoms with Crippen LogP contribution < -0.4 is 9.64 Å². The number of allylic oxidation sites excluding steroid dienone is 1. The summed E-state index contributed by atoms with van der Waals surface area (Å²) in [5.41, 5.74) is 2.85. The molecule has 7 nitrogen and oxygen atoms in total. The van der Waals surface area contributed by atoms with Gasteiger partial charge in [0.2, 0.25) is 0 Å². The smallest absolute Gasteiger partial charge is 0.256 e. The van der Waals surface area contributed by atoms with Gasteiger partial charge in [-0.1, -0.05) is 13.8 Å². The second kappa shape index (κ2) is 7.25. The minimum Gasteiger partial charge on any atom is -0.490 e. The van der Waals surface area contributed by atoms with Gasteiger partial charge in [0, 0.05) is 36.6 Å². The van der Waals surface area contributed by atoms with Crippen LogP contribution in [-0.4, -0.2) is 59.7 Å². The van der Waals surface area contributed by atoms with Crippen molar-refractivity contribution in [3.05, 3.63) is 47.8 Å². The number of hydrogen-bond donors (Lipinski definition) is 0. The Labute approximate surface area is 182 Å². The molecule has 0 N–H and O–H groups in total. The lowest BCUT2D eigenvalue weighted by Crippen LogP contribution is -2.41. The Morgan fingerprint density at radius 3 is 2.74 bits per heavy atom. The number of benzene rings is 1. The highest BCUT2D eigenvalue weighted by Gasteiger charge is 2.33. The van der Waals surface area contributed by atoms with Crippen molar-refractivity contribution in [3.8, 4) is 5.75 Å². The number of carbonyl (C=O) groups is 2. The number of fused-ring (bicyclic) bond motifs is 2. The van der Waals surface area contributed by atoms with Gasteiger partial charge in [-0.25, -0.2) is 0 Å². The molecule has 1 saturated heterocycles. The molecular formula is C24H28N4O3. The van der Waals surface area contributed by atoms with Crippen molar-refractivity contribution in [2.75, 3.05) is 31.1 Å². The zero-order valence-corrected chi connectivity index (χ0v) is 18.3. The summed E-state index contributed by atoms with van der Waals surface area (Å²) in [6.07, 6.45) is 7.70. The Hall–Kier alpha value is -3.09. The highest BCUT2D eigenvalue weighted by molar-refractivity contribution is 6.12. The molecule has 1 aromatic carbocycles. The third-order valence-electron chi connectivity index (χ3n) is 6.62. The fourth-order valence-corrected chi connectivity index (χ4v) is 4.50. The van der Waals surface area contributed by atoms with E-state index in [-0.39, 0.29) is 17.9 Å². The van der Waals surface area contributed by atoms with Gasteiger partial charge in [0.1, 0.15) is 24.2 Å². The molecule has 4 aliphatic rings. The molecule has 0 aliphatic carbocycles. The average molecular weight is 421 g/mol. The van der Waals surface area contributed by atoms with Crippen molar-refractivity contribution >= 4 is 23.3 Å². The number of anilines is 1. The van der Waals surface area contributed by atoms with Crippen LogP contribution in [0, 0.1) is 5.41 Å². The molecule has 1 aromatic rings. The minimum absolute atomic E-state index is 0.00631. The van der Waals surface area contributed by atoms with Crippen LogP contribution >= 0.6 is 0 Å². The molecular weight excluding hydrogens is 392 g/mol. The molecule has 162 valence electrons. The molecule has 4 aliphatic heterocycles. The quantitative estimate of drug-likeness (QED) is 0.737. The summed E-state index contributed by atoms with van der Waals surface area (Å²) >= 11 is 0. The molecule has 0 saturated carbocycles. The molecule has 7 heteroatoms. The topological polar surface area (TPSA) is 65.5 Å². The lowest BCUT2D eigenvalue weighted by atomic mass is 9.82. The summed E-state index contributed by atoms with van der Waals surface area (Å²) in [5, 5.41) is 0. The third kappa shape index (κ3) is 3.52. The number of likely N-dealkylation sites (tertiary alicyclic amines) is 1. The number of carbonyl (C=O) groups excluding carboxylic acids is 2. The van der Waals surface area contributed by atoms with Crippen LogP contribution in [0.3, 0.4) is 0 Å². The minimum atomic E-state index is -0.346. The largest absolute Gasteiger partial charge is 0.490 e. The van der Waals surface area contributed by atoms with Crippen LogP contribution in [0.2, 0.25) is 0 Å². The standard InChI is InChI=1S/C24H28N4O3/c1-16-22(29)28-9-6-18(15-21(28)25-16)27-12-13-31-20-14-17(4-5-19(20)27)23(30)26-10-7-24(2,3)8-11-26/h4-6,9,14-16H,7-8,10-13H2,1-3H3. The van der Waals surface area contributed by atoms with Gasteiger partial charge in [0.05, 0.1) is 12.2 Å². The maximum Gasteiger partial charge on any atom is 0.256 e. The highest BCUT2D eigenvalue weighted by atomic mass is 16.5. The van der Waals surface area contributed by atoms with Crippen molar-refractivity contribution in [1.29, 1.82) is 0 Å². The number of aliphatic imine (C=N–C) groups is 1. The van der Waals surface area contributed by atoms with Gasteiger partial charge >= 0.3 is 0 Å². The van der Waals surface area contributed by atoms with Gasteiger partial charge in [-0.15, -0.1) is 0 Å². The zero-order valence-electron chi connectivity index (χ0n) is 18.3. The van der Waals surface area contributed by atoms with Crippen molar-refractivity contribution in [1.82, 2.24) is 9.80 Å². The van der Waals surface area contributed by atoms with Crippen molar-refractivity contribution in [3.63, 3.8) is 0 Å². The first-order chi connectivity index (χ1) is 14.8. The molecule has 31 heavy (non-hydrogen) atoms. The lowest BCUT2D eigenvalue weighted by molar-refractivity contribution is -0.125. The fourth-order valence-electron chi connectivity index (χ4n) is 4.50. The van der Waals surface area contributed by atoms with Crippen molar-refractivity contribution < 1.29 is 14.3 Å². The second-order valence-corrected chi connectivity index (χ2v) is 9.40. The molecule has 0 bridgehead atoms. The van der Waals surface area contributed by atoms with Gasteiger partial charge in [0.15, 0.2) is 0 Å². The van der Waals surface area contributed by atoms with E-state index in [1.807, 2.05) is 35.3 Å². The van der Waals surface area contributed by atoms with Gasteiger partial charge < -0.3 is 14.5 Å². The molecule has 5 rings (SSSR count). The predicted octanol–water partition coefficient (Wildman–Crippen LogP) is 3.19. The summed E-state index contributed by atoms with van der Waals surface area (Å²) in [6.45, 7) is 9.14. The number of amides is 2. The number of rotatable bonds is 2. The van der Waals surface area contributed by atoms with E-state index in [9.17, 15) is 9.59 Å². The summed E-state index contributed by atoms with van der Waals surface area (Å²) in [4.78, 5) is 35.3. The van der Waals surface area contributed by atoms with Crippen LogP contribution in [0.15, 0.2) is 47.2 Å². The molecule has 1 unspecified atom stereocenters. The van der Waals surface area contributed by atoms with Gasteiger partial charge in [-0.3, -0.25) is 19.5 Å². The van der Waals surface area contributed by atoms with E-state index < -0.39 is 0 Å². The molecule has 0 aromatic heterocycles. The Kier molecular flexibility index (Phi) is 4.64. The van der Waals surface area contributed by atoms with E-state index in [2.05, 4.69) is 23.7 Å². The Morgan fingerprint density at radius 2 is 1.97 bits per heavy atom. The summed E-state index contributed by atoms with van der Waals surface area (Å²) in [6, 6.07) is 5.37. The first-order valence-corrected chi connectivity index (χ1v) is 11.0. The number of ether oxygens (including phenoxy) is 1. The molecule has 0 radical (unpaired) electrons. The third-order valence-corrected chi connectivity index (χ3v) is 6.62. The number of hydrogen-bond acceptors (Lipinski definition) is 5. The predicted molar refractivity (Wildman–Crippen MR) is 119 cm³/mol. The number of piperidine rings is 1. The summed E-state index contributed by atoms with van der Waals surface area (Å²) < 4.78 is 5.92. The van der Waals surface area contributed by atoms with Crippen molar-refractivity contribution in [2.45, 2.75) is 39.7 Å². The zero-order chi connectivity index (χ0) is 21.8. The van der Waals surface area contributed by atoms with Crippen LogP contribution in [0.5, 0.6) is 5.75 Å². The molecule has 1 atom stereocenters. The SMILES string of the molecule is CC1N=C2C=C(N3CCOc4cc(C(=O)N5CCC(C)(C)CC5)ccc43)C=CN2C1=O. The number of amidine groups is 1. The van der Waals surface area contributed by atoms with E-state index in [1.54, 1.807) is 18.0 Å².